The minimum absolute atomic E-state index is 0.918. The number of rotatable bonds is 7. The molecule has 0 saturated heterocycles. The Labute approximate surface area is 365 Å². The molecule has 0 aliphatic carbocycles. The van der Waals surface area contributed by atoms with Gasteiger partial charge in [0.2, 0.25) is 0 Å². The summed E-state index contributed by atoms with van der Waals surface area (Å²) in [6.45, 7) is 0. The zero-order valence-electron chi connectivity index (χ0n) is 34.4. The lowest BCUT2D eigenvalue weighted by Gasteiger charge is -2.17. The molecular formula is C60H39N3. The van der Waals surface area contributed by atoms with Crippen molar-refractivity contribution in [2.75, 3.05) is 0 Å². The molecule has 3 heterocycles. The third-order valence-corrected chi connectivity index (χ3v) is 12.4. The van der Waals surface area contributed by atoms with Crippen molar-refractivity contribution in [1.29, 1.82) is 0 Å². The first-order valence-electron chi connectivity index (χ1n) is 21.5. The molecule has 0 atom stereocenters. The van der Waals surface area contributed by atoms with Gasteiger partial charge >= 0.3 is 0 Å². The summed E-state index contributed by atoms with van der Waals surface area (Å²) in [5.74, 6) is 0. The Bertz CT molecular complexity index is 3610. The van der Waals surface area contributed by atoms with Crippen LogP contribution >= 0.6 is 0 Å². The summed E-state index contributed by atoms with van der Waals surface area (Å²) >= 11 is 0. The Morgan fingerprint density at radius 2 is 0.762 bits per heavy atom. The molecule has 3 heteroatoms. The molecule has 0 aliphatic rings. The van der Waals surface area contributed by atoms with E-state index in [1.807, 2.05) is 0 Å². The van der Waals surface area contributed by atoms with Crippen LogP contribution in [0.15, 0.2) is 237 Å². The number of hydrogen-bond acceptors (Lipinski definition) is 2. The topological polar surface area (TPSA) is 30.7 Å². The average Bonchev–Trinajstić information content (AvgIpc) is 3.71. The maximum Gasteiger partial charge on any atom is 0.0728 e. The lowest BCUT2D eigenvalue weighted by Crippen LogP contribution is -1.96. The van der Waals surface area contributed by atoms with E-state index in [-0.39, 0.29) is 0 Å². The van der Waals surface area contributed by atoms with E-state index in [0.717, 1.165) is 72.6 Å². The van der Waals surface area contributed by atoms with Crippen LogP contribution in [0.5, 0.6) is 0 Å². The molecule has 294 valence electrons. The van der Waals surface area contributed by atoms with Crippen molar-refractivity contribution in [3.8, 4) is 72.8 Å². The van der Waals surface area contributed by atoms with Gasteiger partial charge in [0.25, 0.3) is 0 Å². The van der Waals surface area contributed by atoms with Crippen molar-refractivity contribution in [3.63, 3.8) is 0 Å². The van der Waals surface area contributed by atoms with Crippen molar-refractivity contribution >= 4 is 43.5 Å². The molecule has 12 rings (SSSR count). The number of pyridine rings is 2. The fourth-order valence-electron chi connectivity index (χ4n) is 9.42. The van der Waals surface area contributed by atoms with E-state index < -0.39 is 0 Å². The standard InChI is InChI=1S/C60H39N3/c1-4-18-40(19-5-1)53-39-56(42-22-8-3-9-23-42)62-57-38-52(48-28-10-11-31-51(48)60(53)57)44-25-16-24-43(34-44)46-36-54(41-20-6-2-7-21-41)61-55(37-46)45-26-17-27-47(35-45)63-58-32-14-12-29-49(58)50-30-13-15-33-59(50)63/h1-39H. The Morgan fingerprint density at radius 3 is 1.43 bits per heavy atom. The summed E-state index contributed by atoms with van der Waals surface area (Å²) in [6, 6.07) is 84.6. The molecule has 0 fully saturated rings. The molecular weight excluding hydrogens is 763 g/mol. The van der Waals surface area contributed by atoms with Crippen LogP contribution in [0.3, 0.4) is 0 Å². The summed E-state index contributed by atoms with van der Waals surface area (Å²) in [6.07, 6.45) is 0. The summed E-state index contributed by atoms with van der Waals surface area (Å²) in [7, 11) is 0. The molecule has 0 spiro atoms. The summed E-state index contributed by atoms with van der Waals surface area (Å²) in [5, 5.41) is 6.02. The van der Waals surface area contributed by atoms with Crippen LogP contribution < -0.4 is 0 Å². The van der Waals surface area contributed by atoms with E-state index in [4.69, 9.17) is 9.97 Å². The predicted octanol–water partition coefficient (Wildman–Crippen LogP) is 15.9. The second-order valence-corrected chi connectivity index (χ2v) is 16.1. The van der Waals surface area contributed by atoms with Gasteiger partial charge < -0.3 is 4.57 Å². The van der Waals surface area contributed by atoms with Gasteiger partial charge in [0.05, 0.1) is 33.6 Å². The van der Waals surface area contributed by atoms with Gasteiger partial charge in [-0.2, -0.15) is 0 Å². The van der Waals surface area contributed by atoms with Crippen LogP contribution in [-0.4, -0.2) is 14.5 Å². The number of benzene rings is 9. The molecule has 0 aliphatic heterocycles. The van der Waals surface area contributed by atoms with Crippen molar-refractivity contribution in [3.05, 3.63) is 237 Å². The lowest BCUT2D eigenvalue weighted by atomic mass is 9.89. The minimum Gasteiger partial charge on any atom is -0.309 e. The second-order valence-electron chi connectivity index (χ2n) is 16.1. The number of aromatic nitrogens is 3. The van der Waals surface area contributed by atoms with Gasteiger partial charge in [-0.05, 0) is 98.8 Å². The lowest BCUT2D eigenvalue weighted by molar-refractivity contribution is 1.18. The third-order valence-electron chi connectivity index (χ3n) is 12.4. The van der Waals surface area contributed by atoms with Gasteiger partial charge in [-0.25, -0.2) is 9.97 Å². The maximum absolute atomic E-state index is 5.39. The Balaban J connectivity index is 1.03. The highest BCUT2D eigenvalue weighted by Gasteiger charge is 2.18. The molecule has 9 aromatic carbocycles. The molecule has 12 aromatic rings. The monoisotopic (exact) mass is 801 g/mol. The third kappa shape index (κ3) is 6.46. The van der Waals surface area contributed by atoms with E-state index in [9.17, 15) is 0 Å². The van der Waals surface area contributed by atoms with Crippen LogP contribution in [-0.2, 0) is 0 Å². The minimum atomic E-state index is 0.918. The van der Waals surface area contributed by atoms with E-state index in [0.29, 0.717) is 0 Å². The van der Waals surface area contributed by atoms with Crippen molar-refractivity contribution < 1.29 is 0 Å². The summed E-state index contributed by atoms with van der Waals surface area (Å²) in [4.78, 5) is 10.7. The van der Waals surface area contributed by atoms with Gasteiger partial charge in [0, 0.05) is 38.5 Å². The molecule has 0 bridgehead atoms. The van der Waals surface area contributed by atoms with Crippen LogP contribution in [0.4, 0.5) is 0 Å². The highest BCUT2D eigenvalue weighted by molar-refractivity contribution is 6.18. The highest BCUT2D eigenvalue weighted by atomic mass is 15.0. The zero-order valence-corrected chi connectivity index (χ0v) is 34.4. The molecule has 0 unspecified atom stereocenters. The highest BCUT2D eigenvalue weighted by Crippen LogP contribution is 2.42. The van der Waals surface area contributed by atoms with E-state index in [1.165, 1.54) is 43.7 Å². The van der Waals surface area contributed by atoms with Gasteiger partial charge in [-0.1, -0.05) is 182 Å². The van der Waals surface area contributed by atoms with Gasteiger partial charge in [0.15, 0.2) is 0 Å². The summed E-state index contributed by atoms with van der Waals surface area (Å²) in [5.41, 5.74) is 17.3. The van der Waals surface area contributed by atoms with Gasteiger partial charge in [-0.15, -0.1) is 0 Å². The zero-order chi connectivity index (χ0) is 41.7. The summed E-state index contributed by atoms with van der Waals surface area (Å²) < 4.78 is 2.37. The van der Waals surface area contributed by atoms with Crippen LogP contribution in [0, 0.1) is 0 Å². The second kappa shape index (κ2) is 15.3. The first-order chi connectivity index (χ1) is 31.2. The number of fused-ring (bicyclic) bond motifs is 6. The Hall–Kier alpha value is -8.40. The number of nitrogens with zero attached hydrogens (tertiary/aromatic N) is 3. The molecule has 0 amide bonds. The quantitative estimate of drug-likeness (QED) is 0.150. The number of para-hydroxylation sites is 2. The van der Waals surface area contributed by atoms with Crippen molar-refractivity contribution in [2.45, 2.75) is 0 Å². The number of hydrogen-bond donors (Lipinski definition) is 0. The molecule has 0 saturated carbocycles. The van der Waals surface area contributed by atoms with Crippen molar-refractivity contribution in [2.24, 2.45) is 0 Å². The van der Waals surface area contributed by atoms with E-state index >= 15 is 0 Å². The maximum atomic E-state index is 5.39. The fourth-order valence-corrected chi connectivity index (χ4v) is 9.42. The van der Waals surface area contributed by atoms with Crippen molar-refractivity contribution in [1.82, 2.24) is 14.5 Å². The molecule has 0 N–H and O–H groups in total. The fraction of sp³-hybridized carbons (Fsp3) is 0. The largest absolute Gasteiger partial charge is 0.309 e. The van der Waals surface area contributed by atoms with Gasteiger partial charge in [0.1, 0.15) is 0 Å². The van der Waals surface area contributed by atoms with Crippen LogP contribution in [0.25, 0.3) is 116 Å². The van der Waals surface area contributed by atoms with Crippen LogP contribution in [0.1, 0.15) is 0 Å². The van der Waals surface area contributed by atoms with Crippen LogP contribution in [0.2, 0.25) is 0 Å². The Kier molecular flexibility index (Phi) is 8.83. The first kappa shape index (κ1) is 36.5. The SMILES string of the molecule is c1ccc(-c2cc(-c3cccc(-c4cc5nc(-c6ccccc6)cc(-c6ccccc6)c5c5ccccc45)c3)cc(-c3cccc(-n4c5ccccc5c5ccccc54)c3)n2)cc1. The smallest absolute Gasteiger partial charge is 0.0728 e. The normalized spacial score (nSPS) is 11.5. The van der Waals surface area contributed by atoms with Gasteiger partial charge in [-0.3, -0.25) is 0 Å². The molecule has 0 radical (unpaired) electrons. The Morgan fingerprint density at radius 1 is 0.270 bits per heavy atom. The van der Waals surface area contributed by atoms with E-state index in [1.54, 1.807) is 0 Å². The molecule has 3 nitrogen and oxygen atoms in total. The molecule has 63 heavy (non-hydrogen) atoms. The molecule has 3 aromatic heterocycles. The average molecular weight is 802 g/mol. The van der Waals surface area contributed by atoms with E-state index in [2.05, 4.69) is 241 Å². The predicted molar refractivity (Wildman–Crippen MR) is 264 cm³/mol. The first-order valence-corrected chi connectivity index (χ1v) is 21.5.